The zero-order chi connectivity index (χ0) is 12.8. The second-order valence-corrected chi connectivity index (χ2v) is 4.93. The number of ether oxygens (including phenoxy) is 2. The van der Waals surface area contributed by atoms with Gasteiger partial charge >= 0.3 is 0 Å². The lowest BCUT2D eigenvalue weighted by atomic mass is 10.1. The standard InChI is InChI=1S/C13H20BrNO2/c1-9(2)17-13-10(7-8-15-3)11(14)5-6-12(13)16-4/h5-6,9,15H,7-8H2,1-4H3. The molecule has 17 heavy (non-hydrogen) atoms. The van der Waals surface area contributed by atoms with Crippen LogP contribution in [0.15, 0.2) is 16.6 Å². The van der Waals surface area contributed by atoms with E-state index >= 15 is 0 Å². The van der Waals surface area contributed by atoms with Gasteiger partial charge in [-0.3, -0.25) is 0 Å². The second-order valence-electron chi connectivity index (χ2n) is 4.08. The molecule has 0 saturated heterocycles. The summed E-state index contributed by atoms with van der Waals surface area (Å²) >= 11 is 3.57. The zero-order valence-corrected chi connectivity index (χ0v) is 12.4. The molecule has 0 atom stereocenters. The number of benzene rings is 1. The molecule has 0 aromatic heterocycles. The average molecular weight is 302 g/mol. The Kier molecular flexibility index (Phi) is 5.78. The molecule has 0 unspecified atom stereocenters. The van der Waals surface area contributed by atoms with Gasteiger partial charge in [0.2, 0.25) is 0 Å². The molecular formula is C13H20BrNO2. The molecule has 96 valence electrons. The number of hydrogen-bond donors (Lipinski definition) is 1. The number of nitrogens with one attached hydrogen (secondary N) is 1. The van der Waals surface area contributed by atoms with Crippen LogP contribution in [-0.2, 0) is 6.42 Å². The maximum absolute atomic E-state index is 5.86. The molecule has 0 aliphatic rings. The largest absolute Gasteiger partial charge is 0.493 e. The molecule has 1 rings (SSSR count). The van der Waals surface area contributed by atoms with E-state index in [0.29, 0.717) is 0 Å². The van der Waals surface area contributed by atoms with Crippen molar-refractivity contribution in [2.45, 2.75) is 26.4 Å². The van der Waals surface area contributed by atoms with Gasteiger partial charge in [0.25, 0.3) is 0 Å². The molecule has 0 bridgehead atoms. The van der Waals surface area contributed by atoms with Gasteiger partial charge in [-0.2, -0.15) is 0 Å². The van der Waals surface area contributed by atoms with Crippen molar-refractivity contribution in [3.8, 4) is 11.5 Å². The zero-order valence-electron chi connectivity index (χ0n) is 10.8. The first-order chi connectivity index (χ1) is 8.10. The Balaban J connectivity index is 3.11. The highest BCUT2D eigenvalue weighted by atomic mass is 79.9. The van der Waals surface area contributed by atoms with E-state index in [1.54, 1.807) is 7.11 Å². The molecule has 0 aliphatic heterocycles. The molecule has 3 nitrogen and oxygen atoms in total. The fourth-order valence-corrected chi connectivity index (χ4v) is 2.10. The maximum Gasteiger partial charge on any atom is 0.165 e. The number of rotatable bonds is 6. The van der Waals surface area contributed by atoms with Crippen LogP contribution < -0.4 is 14.8 Å². The summed E-state index contributed by atoms with van der Waals surface area (Å²) in [5.74, 6) is 1.63. The third-order valence-electron chi connectivity index (χ3n) is 2.37. The normalized spacial score (nSPS) is 10.7. The summed E-state index contributed by atoms with van der Waals surface area (Å²) < 4.78 is 12.3. The van der Waals surface area contributed by atoms with Crippen molar-refractivity contribution in [1.82, 2.24) is 5.32 Å². The summed E-state index contributed by atoms with van der Waals surface area (Å²) in [5, 5.41) is 3.14. The Labute approximate surface area is 112 Å². The van der Waals surface area contributed by atoms with E-state index < -0.39 is 0 Å². The van der Waals surface area contributed by atoms with Gasteiger partial charge in [0.05, 0.1) is 13.2 Å². The molecule has 1 aromatic rings. The molecular weight excluding hydrogens is 282 g/mol. The highest BCUT2D eigenvalue weighted by molar-refractivity contribution is 9.10. The van der Waals surface area contributed by atoms with Crippen molar-refractivity contribution in [2.24, 2.45) is 0 Å². The Morgan fingerprint density at radius 3 is 2.59 bits per heavy atom. The molecule has 0 aliphatic carbocycles. The summed E-state index contributed by atoms with van der Waals surface area (Å²) in [4.78, 5) is 0. The lowest BCUT2D eigenvalue weighted by Gasteiger charge is -2.18. The summed E-state index contributed by atoms with van der Waals surface area (Å²) in [6.45, 7) is 4.94. The van der Waals surface area contributed by atoms with E-state index in [-0.39, 0.29) is 6.10 Å². The van der Waals surface area contributed by atoms with Gasteiger partial charge in [-0.15, -0.1) is 0 Å². The summed E-state index contributed by atoms with van der Waals surface area (Å²) in [7, 11) is 3.61. The SMILES string of the molecule is CNCCc1c(Br)ccc(OC)c1OC(C)C. The van der Waals surface area contributed by atoms with Crippen LogP contribution in [0.2, 0.25) is 0 Å². The van der Waals surface area contributed by atoms with Crippen LogP contribution in [0.1, 0.15) is 19.4 Å². The predicted octanol–water partition coefficient (Wildman–Crippen LogP) is 3.01. The molecule has 0 amide bonds. The van der Waals surface area contributed by atoms with Crippen LogP contribution in [0.3, 0.4) is 0 Å². The van der Waals surface area contributed by atoms with Crippen molar-refractivity contribution in [2.75, 3.05) is 20.7 Å². The summed E-state index contributed by atoms with van der Waals surface area (Å²) in [5.41, 5.74) is 1.15. The first-order valence-corrected chi connectivity index (χ1v) is 6.56. The van der Waals surface area contributed by atoms with Crippen molar-refractivity contribution in [3.05, 3.63) is 22.2 Å². The molecule has 0 radical (unpaired) electrons. The van der Waals surface area contributed by atoms with Crippen molar-refractivity contribution in [1.29, 1.82) is 0 Å². The Morgan fingerprint density at radius 2 is 2.06 bits per heavy atom. The average Bonchev–Trinajstić information content (AvgIpc) is 2.28. The minimum atomic E-state index is 0.131. The lowest BCUT2D eigenvalue weighted by molar-refractivity contribution is 0.227. The Hall–Kier alpha value is -0.740. The van der Waals surface area contributed by atoms with E-state index in [9.17, 15) is 0 Å². The molecule has 1 aromatic carbocycles. The monoisotopic (exact) mass is 301 g/mol. The van der Waals surface area contributed by atoms with Crippen LogP contribution in [0.5, 0.6) is 11.5 Å². The number of likely N-dealkylation sites (N-methyl/N-ethyl adjacent to an activating group) is 1. The summed E-state index contributed by atoms with van der Waals surface area (Å²) in [6.07, 6.45) is 1.03. The van der Waals surface area contributed by atoms with Crippen molar-refractivity contribution in [3.63, 3.8) is 0 Å². The topological polar surface area (TPSA) is 30.5 Å². The molecule has 0 fully saturated rings. The molecule has 1 N–H and O–H groups in total. The third-order valence-corrected chi connectivity index (χ3v) is 3.11. The summed E-state index contributed by atoms with van der Waals surface area (Å²) in [6, 6.07) is 3.92. The number of methoxy groups -OCH3 is 1. The smallest absolute Gasteiger partial charge is 0.165 e. The van der Waals surface area contributed by atoms with Crippen molar-refractivity contribution >= 4 is 15.9 Å². The second kappa shape index (κ2) is 6.87. The lowest BCUT2D eigenvalue weighted by Crippen LogP contribution is -2.14. The Morgan fingerprint density at radius 1 is 1.35 bits per heavy atom. The minimum Gasteiger partial charge on any atom is -0.493 e. The predicted molar refractivity (Wildman–Crippen MR) is 74.1 cm³/mol. The first kappa shape index (κ1) is 14.3. The van der Waals surface area contributed by atoms with E-state index in [0.717, 1.165) is 34.5 Å². The Bertz CT molecular complexity index is 367. The van der Waals surface area contributed by atoms with E-state index in [4.69, 9.17) is 9.47 Å². The van der Waals surface area contributed by atoms with Crippen LogP contribution in [0.4, 0.5) is 0 Å². The fraction of sp³-hybridized carbons (Fsp3) is 0.538. The van der Waals surface area contributed by atoms with Gasteiger partial charge in [-0.25, -0.2) is 0 Å². The number of hydrogen-bond acceptors (Lipinski definition) is 3. The van der Waals surface area contributed by atoms with Crippen LogP contribution in [0.25, 0.3) is 0 Å². The highest BCUT2D eigenvalue weighted by Gasteiger charge is 2.15. The highest BCUT2D eigenvalue weighted by Crippen LogP contribution is 2.37. The van der Waals surface area contributed by atoms with Gasteiger partial charge in [0.15, 0.2) is 11.5 Å². The minimum absolute atomic E-state index is 0.131. The van der Waals surface area contributed by atoms with E-state index in [2.05, 4.69) is 21.2 Å². The van der Waals surface area contributed by atoms with Gasteiger partial charge in [0.1, 0.15) is 0 Å². The van der Waals surface area contributed by atoms with Gasteiger partial charge in [-0.05, 0) is 46.0 Å². The maximum atomic E-state index is 5.86. The molecule has 0 saturated carbocycles. The molecule has 0 spiro atoms. The van der Waals surface area contributed by atoms with Gasteiger partial charge in [-0.1, -0.05) is 15.9 Å². The molecule has 4 heteroatoms. The fourth-order valence-electron chi connectivity index (χ4n) is 1.59. The number of halogens is 1. The van der Waals surface area contributed by atoms with Crippen LogP contribution in [0, 0.1) is 0 Å². The van der Waals surface area contributed by atoms with Crippen LogP contribution in [-0.4, -0.2) is 26.8 Å². The van der Waals surface area contributed by atoms with Gasteiger partial charge < -0.3 is 14.8 Å². The van der Waals surface area contributed by atoms with E-state index in [1.807, 2.05) is 33.0 Å². The third kappa shape index (κ3) is 3.89. The van der Waals surface area contributed by atoms with Gasteiger partial charge in [0, 0.05) is 10.0 Å². The quantitative estimate of drug-likeness (QED) is 0.876. The van der Waals surface area contributed by atoms with Crippen molar-refractivity contribution < 1.29 is 9.47 Å². The first-order valence-electron chi connectivity index (χ1n) is 5.76. The van der Waals surface area contributed by atoms with E-state index in [1.165, 1.54) is 0 Å². The molecule has 0 heterocycles. The van der Waals surface area contributed by atoms with Crippen LogP contribution >= 0.6 is 15.9 Å².